The van der Waals surface area contributed by atoms with Gasteiger partial charge in [-0.1, -0.05) is 36.4 Å². The topological polar surface area (TPSA) is 54.3 Å². The van der Waals surface area contributed by atoms with Crippen LogP contribution in [0.25, 0.3) is 21.5 Å². The Morgan fingerprint density at radius 1 is 0.931 bits per heavy atom. The molecule has 146 valence electrons. The van der Waals surface area contributed by atoms with E-state index in [0.29, 0.717) is 23.2 Å². The Hall–Kier alpha value is -3.44. The van der Waals surface area contributed by atoms with E-state index in [0.717, 1.165) is 22.7 Å². The molecule has 0 saturated heterocycles. The van der Waals surface area contributed by atoms with Gasteiger partial charge in [-0.3, -0.25) is 9.59 Å². The largest absolute Gasteiger partial charge is 0.321 e. The van der Waals surface area contributed by atoms with E-state index in [1.54, 1.807) is 22.9 Å². The number of fused-ring (bicyclic) bond motifs is 2. The molecule has 0 atom stereocenters. The van der Waals surface area contributed by atoms with Gasteiger partial charge in [0.15, 0.2) is 0 Å². The van der Waals surface area contributed by atoms with Gasteiger partial charge in [0.25, 0.3) is 11.5 Å². The van der Waals surface area contributed by atoms with E-state index in [2.05, 4.69) is 5.32 Å². The molecule has 1 aromatic heterocycles. The Balaban J connectivity index is 1.65. The van der Waals surface area contributed by atoms with Gasteiger partial charge in [0.2, 0.25) is 0 Å². The molecule has 0 aliphatic heterocycles. The highest BCUT2D eigenvalue weighted by Gasteiger charge is 2.11. The summed E-state index contributed by atoms with van der Waals surface area (Å²) in [5.74, 6) is -0.194. The number of nitrogens with zero attached hydrogens (tertiary/aromatic N) is 2. The van der Waals surface area contributed by atoms with Crippen molar-refractivity contribution in [3.8, 4) is 0 Å². The predicted molar refractivity (Wildman–Crippen MR) is 119 cm³/mol. The number of carbonyl (C=O) groups excluding carboxylic acids is 1. The predicted octanol–water partition coefficient (Wildman–Crippen LogP) is 3.97. The smallest absolute Gasteiger partial charge is 0.258 e. The zero-order valence-corrected chi connectivity index (χ0v) is 16.6. The fourth-order valence-corrected chi connectivity index (χ4v) is 3.44. The van der Waals surface area contributed by atoms with E-state index in [-0.39, 0.29) is 11.5 Å². The molecule has 0 aliphatic rings. The lowest BCUT2D eigenvalue weighted by molar-refractivity contribution is 0.102. The van der Waals surface area contributed by atoms with Crippen molar-refractivity contribution in [3.63, 3.8) is 0 Å². The number of rotatable bonds is 5. The molecule has 4 aromatic rings. The molecule has 3 aromatic carbocycles. The van der Waals surface area contributed by atoms with Crippen LogP contribution in [-0.4, -0.2) is 36.0 Å². The van der Waals surface area contributed by atoms with Crippen LogP contribution in [-0.2, 0) is 6.54 Å². The quantitative estimate of drug-likeness (QED) is 0.566. The number of amides is 1. The molecule has 4 rings (SSSR count). The summed E-state index contributed by atoms with van der Waals surface area (Å²) in [5, 5.41) is 6.42. The second kappa shape index (κ2) is 7.89. The Kier molecular flexibility index (Phi) is 5.14. The van der Waals surface area contributed by atoms with Crippen molar-refractivity contribution in [1.29, 1.82) is 0 Å². The van der Waals surface area contributed by atoms with Gasteiger partial charge in [-0.05, 0) is 55.2 Å². The first kappa shape index (κ1) is 18.9. The molecule has 1 N–H and O–H groups in total. The van der Waals surface area contributed by atoms with Crippen LogP contribution in [0.1, 0.15) is 10.4 Å². The molecule has 0 aliphatic carbocycles. The molecule has 0 unspecified atom stereocenters. The molecule has 0 saturated carbocycles. The zero-order valence-electron chi connectivity index (χ0n) is 16.6. The Morgan fingerprint density at radius 2 is 1.72 bits per heavy atom. The van der Waals surface area contributed by atoms with Crippen molar-refractivity contribution in [2.45, 2.75) is 6.54 Å². The minimum atomic E-state index is -0.194. The van der Waals surface area contributed by atoms with Crippen molar-refractivity contribution < 1.29 is 4.79 Å². The highest BCUT2D eigenvalue weighted by molar-refractivity contribution is 6.10. The number of anilines is 1. The molecule has 0 bridgehead atoms. The third-order valence-corrected chi connectivity index (χ3v) is 5.07. The van der Waals surface area contributed by atoms with Gasteiger partial charge in [0, 0.05) is 41.3 Å². The second-order valence-corrected chi connectivity index (χ2v) is 7.40. The van der Waals surface area contributed by atoms with Crippen LogP contribution in [0.3, 0.4) is 0 Å². The fourth-order valence-electron chi connectivity index (χ4n) is 3.44. The maximum absolute atomic E-state index is 12.8. The first-order valence-electron chi connectivity index (χ1n) is 9.60. The summed E-state index contributed by atoms with van der Waals surface area (Å²) < 4.78 is 1.71. The van der Waals surface area contributed by atoms with Crippen molar-refractivity contribution in [2.75, 3.05) is 26.0 Å². The highest BCUT2D eigenvalue weighted by Crippen LogP contribution is 2.22. The summed E-state index contributed by atoms with van der Waals surface area (Å²) in [6.07, 6.45) is 1.79. The monoisotopic (exact) mass is 385 g/mol. The van der Waals surface area contributed by atoms with Crippen LogP contribution >= 0.6 is 0 Å². The lowest BCUT2D eigenvalue weighted by Gasteiger charge is -2.13. The van der Waals surface area contributed by atoms with Crippen LogP contribution in [0, 0.1) is 0 Å². The standard InChI is InChI=1S/C24H23N3O2/c1-26(2)14-15-27-13-12-20-21(24(27)29)8-5-9-22(20)25-23(28)19-11-10-17-6-3-4-7-18(17)16-19/h3-13,16H,14-15H2,1-2H3,(H,25,28). The van der Waals surface area contributed by atoms with Crippen molar-refractivity contribution >= 4 is 33.1 Å². The summed E-state index contributed by atoms with van der Waals surface area (Å²) in [6, 6.07) is 20.9. The summed E-state index contributed by atoms with van der Waals surface area (Å²) in [4.78, 5) is 27.7. The second-order valence-electron chi connectivity index (χ2n) is 7.40. The number of aromatic nitrogens is 1. The molecule has 1 amide bonds. The maximum atomic E-state index is 12.8. The molecular weight excluding hydrogens is 362 g/mol. The van der Waals surface area contributed by atoms with E-state index in [1.807, 2.05) is 73.6 Å². The lowest BCUT2D eigenvalue weighted by atomic mass is 10.1. The molecule has 5 nitrogen and oxygen atoms in total. The summed E-state index contributed by atoms with van der Waals surface area (Å²) >= 11 is 0. The van der Waals surface area contributed by atoms with Gasteiger partial charge >= 0.3 is 0 Å². The number of likely N-dealkylation sites (N-methyl/N-ethyl adjacent to an activating group) is 1. The van der Waals surface area contributed by atoms with Gasteiger partial charge in [0.1, 0.15) is 0 Å². The average molecular weight is 385 g/mol. The van der Waals surface area contributed by atoms with Gasteiger partial charge in [-0.25, -0.2) is 0 Å². The highest BCUT2D eigenvalue weighted by atomic mass is 16.1. The molecule has 29 heavy (non-hydrogen) atoms. The lowest BCUT2D eigenvalue weighted by Crippen LogP contribution is -2.26. The molecule has 0 fully saturated rings. The van der Waals surface area contributed by atoms with E-state index in [1.165, 1.54) is 0 Å². The third kappa shape index (κ3) is 3.91. The third-order valence-electron chi connectivity index (χ3n) is 5.07. The Morgan fingerprint density at radius 3 is 2.52 bits per heavy atom. The number of hydrogen-bond acceptors (Lipinski definition) is 3. The molecule has 0 spiro atoms. The van der Waals surface area contributed by atoms with Crippen LogP contribution in [0.5, 0.6) is 0 Å². The minimum absolute atomic E-state index is 0.0499. The van der Waals surface area contributed by atoms with E-state index < -0.39 is 0 Å². The molecule has 0 radical (unpaired) electrons. The number of carbonyl (C=O) groups is 1. The minimum Gasteiger partial charge on any atom is -0.321 e. The first-order chi connectivity index (χ1) is 14.0. The van der Waals surface area contributed by atoms with Crippen LogP contribution in [0.4, 0.5) is 5.69 Å². The summed E-state index contributed by atoms with van der Waals surface area (Å²) in [5.41, 5.74) is 1.17. The van der Waals surface area contributed by atoms with Gasteiger partial charge < -0.3 is 14.8 Å². The normalized spacial score (nSPS) is 11.3. The van der Waals surface area contributed by atoms with Crippen LogP contribution in [0.15, 0.2) is 77.7 Å². The summed E-state index contributed by atoms with van der Waals surface area (Å²) in [7, 11) is 3.96. The van der Waals surface area contributed by atoms with E-state index in [9.17, 15) is 9.59 Å². The molecular formula is C24H23N3O2. The average Bonchev–Trinajstić information content (AvgIpc) is 2.73. The summed E-state index contributed by atoms with van der Waals surface area (Å²) in [6.45, 7) is 1.40. The van der Waals surface area contributed by atoms with Gasteiger partial charge in [-0.2, -0.15) is 0 Å². The van der Waals surface area contributed by atoms with E-state index in [4.69, 9.17) is 0 Å². The molecule has 5 heteroatoms. The van der Waals surface area contributed by atoms with E-state index >= 15 is 0 Å². The maximum Gasteiger partial charge on any atom is 0.258 e. The van der Waals surface area contributed by atoms with Crippen LogP contribution in [0.2, 0.25) is 0 Å². The number of hydrogen-bond donors (Lipinski definition) is 1. The van der Waals surface area contributed by atoms with Crippen LogP contribution < -0.4 is 10.9 Å². The Labute approximate surface area is 169 Å². The number of nitrogens with one attached hydrogen (secondary N) is 1. The number of pyridine rings is 1. The van der Waals surface area contributed by atoms with Crippen molar-refractivity contribution in [2.24, 2.45) is 0 Å². The Bertz CT molecular complexity index is 1260. The van der Waals surface area contributed by atoms with Gasteiger partial charge in [0.05, 0.1) is 0 Å². The van der Waals surface area contributed by atoms with Crippen molar-refractivity contribution in [1.82, 2.24) is 9.47 Å². The van der Waals surface area contributed by atoms with Crippen molar-refractivity contribution in [3.05, 3.63) is 88.8 Å². The SMILES string of the molecule is CN(C)CCn1ccc2c(NC(=O)c3ccc4ccccc4c3)cccc2c1=O. The fraction of sp³-hybridized carbons (Fsp3) is 0.167. The zero-order chi connectivity index (χ0) is 20.4. The number of benzene rings is 3. The molecule has 1 heterocycles. The van der Waals surface area contributed by atoms with Gasteiger partial charge in [-0.15, -0.1) is 0 Å². The first-order valence-corrected chi connectivity index (χ1v) is 9.60.